The minimum atomic E-state index is 0.134. The van der Waals surface area contributed by atoms with Crippen LogP contribution in [-0.4, -0.2) is 6.61 Å². The van der Waals surface area contributed by atoms with Crippen LogP contribution in [0.4, 0.5) is 0 Å². The molecule has 0 bridgehead atoms. The van der Waals surface area contributed by atoms with Crippen LogP contribution in [-0.2, 0) is 10.8 Å². The summed E-state index contributed by atoms with van der Waals surface area (Å²) in [5, 5.41) is 0. The summed E-state index contributed by atoms with van der Waals surface area (Å²) in [6.45, 7) is 16.7. The second-order valence-electron chi connectivity index (χ2n) is 7.52. The van der Waals surface area contributed by atoms with Crippen molar-refractivity contribution in [2.24, 2.45) is 0 Å². The van der Waals surface area contributed by atoms with E-state index in [0.717, 1.165) is 12.4 Å². The van der Waals surface area contributed by atoms with Crippen molar-refractivity contribution in [1.82, 2.24) is 0 Å². The molecule has 0 fully saturated rings. The number of fused-ring (bicyclic) bond motifs is 1. The summed E-state index contributed by atoms with van der Waals surface area (Å²) in [4.78, 5) is 0. The fourth-order valence-electron chi connectivity index (χ4n) is 2.53. The van der Waals surface area contributed by atoms with Gasteiger partial charge in [0.05, 0.1) is 6.61 Å². The monoisotopic (exact) mass is 246 g/mol. The summed E-state index contributed by atoms with van der Waals surface area (Å²) in [5.74, 6) is 1.70. The van der Waals surface area contributed by atoms with Crippen LogP contribution >= 0.6 is 0 Å². The molecule has 1 aliphatic heterocycles. The van der Waals surface area contributed by atoms with Gasteiger partial charge in [-0.1, -0.05) is 60.6 Å². The van der Waals surface area contributed by atoms with Crippen LogP contribution in [0.2, 0.25) is 0 Å². The first-order chi connectivity index (χ1) is 8.13. The van der Waals surface area contributed by atoms with Crippen molar-refractivity contribution in [3.63, 3.8) is 0 Å². The summed E-state index contributed by atoms with van der Waals surface area (Å²) in [5.41, 5.74) is 4.44. The minimum absolute atomic E-state index is 0.134. The van der Waals surface area contributed by atoms with Gasteiger partial charge >= 0.3 is 0 Å². The molecule has 0 spiro atoms. The Hall–Kier alpha value is -0.980. The molecule has 0 amide bonds. The highest BCUT2D eigenvalue weighted by Crippen LogP contribution is 2.46. The Bertz CT molecular complexity index is 461. The van der Waals surface area contributed by atoms with Gasteiger partial charge in [0, 0.05) is 16.5 Å². The maximum atomic E-state index is 6.01. The molecule has 1 heteroatoms. The minimum Gasteiger partial charge on any atom is -0.492 e. The average Bonchev–Trinajstić information content (AvgIpc) is 2.52. The molecular formula is C17H26O. The van der Waals surface area contributed by atoms with E-state index in [4.69, 9.17) is 4.74 Å². The number of ether oxygens (including phenoxy) is 1. The van der Waals surface area contributed by atoms with Gasteiger partial charge in [0.1, 0.15) is 5.75 Å². The number of hydrogen-bond donors (Lipinski definition) is 0. The fraction of sp³-hybridized carbons (Fsp3) is 0.647. The lowest BCUT2D eigenvalue weighted by atomic mass is 9.78. The van der Waals surface area contributed by atoms with Crippen molar-refractivity contribution in [1.29, 1.82) is 0 Å². The Labute approximate surface area is 112 Å². The molecule has 0 radical (unpaired) electrons. The van der Waals surface area contributed by atoms with Crippen LogP contribution in [0.5, 0.6) is 5.75 Å². The Morgan fingerprint density at radius 1 is 1.17 bits per heavy atom. The van der Waals surface area contributed by atoms with Gasteiger partial charge in [0.25, 0.3) is 0 Å². The second kappa shape index (κ2) is 4.01. The number of rotatable bonds is 1. The maximum absolute atomic E-state index is 6.01. The Morgan fingerprint density at radius 3 is 2.28 bits per heavy atom. The molecule has 2 rings (SSSR count). The molecule has 100 valence electrons. The second-order valence-corrected chi connectivity index (χ2v) is 7.52. The molecule has 18 heavy (non-hydrogen) atoms. The highest BCUT2D eigenvalue weighted by Gasteiger charge is 2.36. The van der Waals surface area contributed by atoms with E-state index in [2.05, 4.69) is 60.6 Å². The SMILES string of the molecule is CC(C)c1cc(C(C)(C)C)c2c(c1)C(C)(C)CO2. The van der Waals surface area contributed by atoms with Crippen molar-refractivity contribution in [2.45, 2.75) is 65.2 Å². The molecule has 0 aliphatic carbocycles. The van der Waals surface area contributed by atoms with Crippen molar-refractivity contribution in [3.05, 3.63) is 28.8 Å². The summed E-state index contributed by atoms with van der Waals surface area (Å²) in [7, 11) is 0. The zero-order valence-electron chi connectivity index (χ0n) is 12.8. The standard InChI is InChI=1S/C17H26O/c1-11(2)12-8-13(16(3,4)5)15-14(9-12)17(6,7)10-18-15/h8-9,11H,10H2,1-7H3. The van der Waals surface area contributed by atoms with E-state index in [1.165, 1.54) is 16.7 Å². The predicted molar refractivity (Wildman–Crippen MR) is 77.8 cm³/mol. The normalized spacial score (nSPS) is 17.8. The van der Waals surface area contributed by atoms with E-state index in [9.17, 15) is 0 Å². The van der Waals surface area contributed by atoms with E-state index >= 15 is 0 Å². The van der Waals surface area contributed by atoms with Crippen LogP contribution in [0.25, 0.3) is 0 Å². The van der Waals surface area contributed by atoms with Gasteiger partial charge in [-0.05, 0) is 16.9 Å². The average molecular weight is 246 g/mol. The topological polar surface area (TPSA) is 9.23 Å². The van der Waals surface area contributed by atoms with Gasteiger partial charge in [-0.3, -0.25) is 0 Å². The molecule has 0 N–H and O–H groups in total. The lowest BCUT2D eigenvalue weighted by molar-refractivity contribution is 0.286. The molecule has 1 nitrogen and oxygen atoms in total. The Balaban J connectivity index is 2.69. The highest BCUT2D eigenvalue weighted by atomic mass is 16.5. The van der Waals surface area contributed by atoms with Crippen molar-refractivity contribution in [3.8, 4) is 5.75 Å². The van der Waals surface area contributed by atoms with Crippen molar-refractivity contribution < 1.29 is 4.74 Å². The molecular weight excluding hydrogens is 220 g/mol. The summed E-state index contributed by atoms with van der Waals surface area (Å²) in [6, 6.07) is 4.69. The molecule has 1 aromatic rings. The molecule has 1 aromatic carbocycles. The maximum Gasteiger partial charge on any atom is 0.126 e. The van der Waals surface area contributed by atoms with Crippen LogP contribution in [0.15, 0.2) is 12.1 Å². The van der Waals surface area contributed by atoms with Gasteiger partial charge in [-0.25, -0.2) is 0 Å². The molecule has 0 saturated carbocycles. The molecule has 0 atom stereocenters. The first-order valence-corrected chi connectivity index (χ1v) is 6.94. The zero-order chi connectivity index (χ0) is 13.7. The van der Waals surface area contributed by atoms with E-state index in [0.29, 0.717) is 5.92 Å². The van der Waals surface area contributed by atoms with Crippen LogP contribution < -0.4 is 4.74 Å². The van der Waals surface area contributed by atoms with E-state index in [1.54, 1.807) is 0 Å². The van der Waals surface area contributed by atoms with Crippen molar-refractivity contribution in [2.75, 3.05) is 6.61 Å². The largest absolute Gasteiger partial charge is 0.492 e. The quantitative estimate of drug-likeness (QED) is 0.693. The fourth-order valence-corrected chi connectivity index (χ4v) is 2.53. The molecule has 1 aliphatic rings. The third kappa shape index (κ3) is 2.15. The Kier molecular flexibility index (Phi) is 3.00. The first kappa shape index (κ1) is 13.5. The highest BCUT2D eigenvalue weighted by molar-refractivity contribution is 5.53. The predicted octanol–water partition coefficient (Wildman–Crippen LogP) is 4.78. The summed E-state index contributed by atoms with van der Waals surface area (Å²) < 4.78 is 6.01. The molecule has 0 aromatic heterocycles. The van der Waals surface area contributed by atoms with Gasteiger partial charge in [0.15, 0.2) is 0 Å². The van der Waals surface area contributed by atoms with Crippen molar-refractivity contribution >= 4 is 0 Å². The van der Waals surface area contributed by atoms with Gasteiger partial charge in [-0.15, -0.1) is 0 Å². The molecule has 1 heterocycles. The lowest BCUT2D eigenvalue weighted by Crippen LogP contribution is -2.18. The molecule has 0 unspecified atom stereocenters. The first-order valence-electron chi connectivity index (χ1n) is 6.94. The zero-order valence-corrected chi connectivity index (χ0v) is 12.8. The Morgan fingerprint density at radius 2 is 1.78 bits per heavy atom. The number of hydrogen-bond acceptors (Lipinski definition) is 1. The molecule has 0 saturated heterocycles. The number of benzene rings is 1. The van der Waals surface area contributed by atoms with Crippen LogP contribution in [0.1, 0.15) is 71.1 Å². The van der Waals surface area contributed by atoms with E-state index < -0.39 is 0 Å². The third-order valence-electron chi connectivity index (χ3n) is 3.89. The lowest BCUT2D eigenvalue weighted by Gasteiger charge is -2.25. The van der Waals surface area contributed by atoms with Crippen LogP contribution in [0, 0.1) is 0 Å². The van der Waals surface area contributed by atoms with Crippen LogP contribution in [0.3, 0.4) is 0 Å². The smallest absolute Gasteiger partial charge is 0.126 e. The van der Waals surface area contributed by atoms with E-state index in [-0.39, 0.29) is 10.8 Å². The summed E-state index contributed by atoms with van der Waals surface area (Å²) in [6.07, 6.45) is 0. The summed E-state index contributed by atoms with van der Waals surface area (Å²) >= 11 is 0. The third-order valence-corrected chi connectivity index (χ3v) is 3.89. The van der Waals surface area contributed by atoms with Gasteiger partial charge in [0.2, 0.25) is 0 Å². The van der Waals surface area contributed by atoms with Gasteiger partial charge < -0.3 is 4.74 Å². The van der Waals surface area contributed by atoms with Gasteiger partial charge in [-0.2, -0.15) is 0 Å². The van der Waals surface area contributed by atoms with E-state index in [1.807, 2.05) is 0 Å².